The molecule has 1 heterocycles. The van der Waals surface area contributed by atoms with Crippen LogP contribution in [-0.4, -0.2) is 33.3 Å². The van der Waals surface area contributed by atoms with Crippen molar-refractivity contribution in [2.75, 3.05) is 6.54 Å². The Kier molecular flexibility index (Phi) is 5.22. The number of nitrogens with one attached hydrogen (secondary N) is 1. The third-order valence-corrected chi connectivity index (χ3v) is 6.17. The maximum Gasteiger partial charge on any atom is 0.495 e. The van der Waals surface area contributed by atoms with Crippen molar-refractivity contribution in [3.63, 3.8) is 0 Å². The third-order valence-electron chi connectivity index (χ3n) is 4.75. The molecule has 1 aromatic carbocycles. The highest BCUT2D eigenvalue weighted by Gasteiger charge is 2.52. The maximum atomic E-state index is 12.5. The molecule has 0 atom stereocenters. The van der Waals surface area contributed by atoms with Crippen LogP contribution >= 0.6 is 0 Å². The van der Waals surface area contributed by atoms with Gasteiger partial charge in [0.1, 0.15) is 0 Å². The van der Waals surface area contributed by atoms with Crippen molar-refractivity contribution in [2.24, 2.45) is 5.92 Å². The van der Waals surface area contributed by atoms with Crippen molar-refractivity contribution < 1.29 is 17.7 Å². The zero-order valence-corrected chi connectivity index (χ0v) is 16.5. The van der Waals surface area contributed by atoms with E-state index in [0.717, 1.165) is 11.0 Å². The first-order valence-electron chi connectivity index (χ1n) is 8.31. The van der Waals surface area contributed by atoms with Gasteiger partial charge in [-0.1, -0.05) is 25.5 Å². The summed E-state index contributed by atoms with van der Waals surface area (Å²) < 4.78 is 39.7. The fraction of sp³-hybridized carbons (Fsp3) is 0.647. The van der Waals surface area contributed by atoms with Gasteiger partial charge in [0.25, 0.3) is 0 Å². The summed E-state index contributed by atoms with van der Waals surface area (Å²) in [4.78, 5) is 0.235. The van der Waals surface area contributed by atoms with E-state index in [9.17, 15) is 8.42 Å². The zero-order chi connectivity index (χ0) is 18.3. The van der Waals surface area contributed by atoms with Gasteiger partial charge in [0.15, 0.2) is 0 Å². The molecular formula is C17H28BNO4S. The topological polar surface area (TPSA) is 64.6 Å². The summed E-state index contributed by atoms with van der Waals surface area (Å²) in [5.74, 6) is 0.243. The summed E-state index contributed by atoms with van der Waals surface area (Å²) in [5.41, 5.74) is 0.765. The number of rotatable bonds is 5. The largest absolute Gasteiger partial charge is 0.495 e. The van der Waals surface area contributed by atoms with Gasteiger partial charge in [-0.3, -0.25) is 0 Å². The SMILES string of the molecule is Cc1ccc(S(=O)(=O)NCC(C)C)cc1B1OC(C)(C)C(C)(C)O1. The Morgan fingerprint density at radius 1 is 1.12 bits per heavy atom. The second kappa shape index (κ2) is 6.44. The van der Waals surface area contributed by atoms with E-state index in [-0.39, 0.29) is 10.8 Å². The first-order chi connectivity index (χ1) is 10.9. The van der Waals surface area contributed by atoms with E-state index in [2.05, 4.69) is 4.72 Å². The van der Waals surface area contributed by atoms with Crippen LogP contribution < -0.4 is 10.2 Å². The second-order valence-electron chi connectivity index (χ2n) is 7.85. The van der Waals surface area contributed by atoms with Gasteiger partial charge in [-0.25, -0.2) is 13.1 Å². The van der Waals surface area contributed by atoms with Crippen LogP contribution in [0.25, 0.3) is 0 Å². The van der Waals surface area contributed by atoms with Crippen LogP contribution in [0.3, 0.4) is 0 Å². The minimum Gasteiger partial charge on any atom is -0.399 e. The monoisotopic (exact) mass is 353 g/mol. The van der Waals surface area contributed by atoms with E-state index in [4.69, 9.17) is 9.31 Å². The van der Waals surface area contributed by atoms with Crippen molar-refractivity contribution in [3.8, 4) is 0 Å². The second-order valence-corrected chi connectivity index (χ2v) is 9.62. The normalized spacial score (nSPS) is 19.9. The number of sulfonamides is 1. The lowest BCUT2D eigenvalue weighted by atomic mass is 9.76. The quantitative estimate of drug-likeness (QED) is 0.825. The van der Waals surface area contributed by atoms with Gasteiger partial charge in [0.2, 0.25) is 10.0 Å². The molecular weight excluding hydrogens is 325 g/mol. The lowest BCUT2D eigenvalue weighted by Gasteiger charge is -2.32. The fourth-order valence-electron chi connectivity index (χ4n) is 2.37. The Hall–Kier alpha value is -0.885. The first kappa shape index (κ1) is 19.4. The molecule has 0 aliphatic carbocycles. The predicted octanol–water partition coefficient (Wildman–Crippen LogP) is 2.23. The highest BCUT2D eigenvalue weighted by molar-refractivity contribution is 7.89. The van der Waals surface area contributed by atoms with Crippen LogP contribution in [-0.2, 0) is 19.3 Å². The van der Waals surface area contributed by atoms with Gasteiger partial charge in [0, 0.05) is 6.54 Å². The van der Waals surface area contributed by atoms with Crippen molar-refractivity contribution in [3.05, 3.63) is 23.8 Å². The molecule has 2 rings (SSSR count). The Morgan fingerprint density at radius 3 is 2.17 bits per heavy atom. The maximum absolute atomic E-state index is 12.5. The van der Waals surface area contributed by atoms with Crippen molar-refractivity contribution in [1.82, 2.24) is 4.72 Å². The van der Waals surface area contributed by atoms with Gasteiger partial charge < -0.3 is 9.31 Å². The Morgan fingerprint density at radius 2 is 1.67 bits per heavy atom. The fourth-order valence-corrected chi connectivity index (χ4v) is 3.62. The molecule has 1 fully saturated rings. The van der Waals surface area contributed by atoms with E-state index in [0.29, 0.717) is 6.54 Å². The molecule has 1 aliphatic rings. The van der Waals surface area contributed by atoms with Crippen LogP contribution in [0.2, 0.25) is 0 Å². The Bertz CT molecular complexity index is 697. The lowest BCUT2D eigenvalue weighted by molar-refractivity contribution is 0.00578. The molecule has 0 amide bonds. The van der Waals surface area contributed by atoms with Crippen LogP contribution in [0, 0.1) is 12.8 Å². The van der Waals surface area contributed by atoms with Gasteiger partial charge >= 0.3 is 7.12 Å². The van der Waals surface area contributed by atoms with E-state index in [1.165, 1.54) is 0 Å². The number of hydrogen-bond donors (Lipinski definition) is 1. The summed E-state index contributed by atoms with van der Waals surface area (Å²) >= 11 is 0. The minimum atomic E-state index is -3.54. The van der Waals surface area contributed by atoms with Gasteiger partial charge in [-0.15, -0.1) is 0 Å². The summed E-state index contributed by atoms with van der Waals surface area (Å²) in [6.45, 7) is 14.2. The molecule has 0 spiro atoms. The molecule has 1 aliphatic heterocycles. The highest BCUT2D eigenvalue weighted by Crippen LogP contribution is 2.36. The average molecular weight is 353 g/mol. The molecule has 1 aromatic rings. The first-order valence-corrected chi connectivity index (χ1v) is 9.80. The molecule has 1 saturated heterocycles. The van der Waals surface area contributed by atoms with Gasteiger partial charge in [-0.2, -0.15) is 0 Å². The number of aryl methyl sites for hydroxylation is 1. The van der Waals surface area contributed by atoms with Crippen molar-refractivity contribution in [1.29, 1.82) is 0 Å². The summed E-state index contributed by atoms with van der Waals surface area (Å²) in [6.07, 6.45) is 0. The standard InChI is InChI=1S/C17H28BNO4S/c1-12(2)11-19-24(20,21)14-9-8-13(3)15(10-14)18-22-16(4,5)17(6,7)23-18/h8-10,12,19H,11H2,1-7H3. The van der Waals surface area contributed by atoms with Crippen molar-refractivity contribution in [2.45, 2.75) is 64.6 Å². The van der Waals surface area contributed by atoms with Crippen LogP contribution in [0.1, 0.15) is 47.1 Å². The third kappa shape index (κ3) is 3.85. The molecule has 0 aromatic heterocycles. The number of hydrogen-bond acceptors (Lipinski definition) is 4. The highest BCUT2D eigenvalue weighted by atomic mass is 32.2. The molecule has 0 radical (unpaired) electrons. The van der Waals surface area contributed by atoms with E-state index >= 15 is 0 Å². The Balaban J connectivity index is 2.34. The van der Waals surface area contributed by atoms with Crippen molar-refractivity contribution >= 4 is 22.6 Å². The molecule has 0 unspecified atom stereocenters. The van der Waals surface area contributed by atoms with E-state index < -0.39 is 28.3 Å². The minimum absolute atomic E-state index is 0.235. The van der Waals surface area contributed by atoms with E-state index in [1.807, 2.05) is 48.5 Å². The molecule has 0 bridgehead atoms. The molecule has 5 nitrogen and oxygen atoms in total. The molecule has 1 N–H and O–H groups in total. The van der Waals surface area contributed by atoms with E-state index in [1.54, 1.807) is 18.2 Å². The average Bonchev–Trinajstić information content (AvgIpc) is 2.65. The molecule has 7 heteroatoms. The number of benzene rings is 1. The zero-order valence-electron chi connectivity index (χ0n) is 15.6. The van der Waals surface area contributed by atoms with Crippen LogP contribution in [0.15, 0.2) is 23.1 Å². The Labute approximate surface area is 146 Å². The van der Waals surface area contributed by atoms with Gasteiger partial charge in [-0.05, 0) is 58.1 Å². The lowest BCUT2D eigenvalue weighted by Crippen LogP contribution is -2.41. The van der Waals surface area contributed by atoms with Crippen LogP contribution in [0.5, 0.6) is 0 Å². The predicted molar refractivity (Wildman–Crippen MR) is 96.9 cm³/mol. The molecule has 0 saturated carbocycles. The summed E-state index contributed by atoms with van der Waals surface area (Å²) in [5, 5.41) is 0. The summed E-state index contributed by atoms with van der Waals surface area (Å²) in [6, 6.07) is 5.07. The van der Waals surface area contributed by atoms with Gasteiger partial charge in [0.05, 0.1) is 16.1 Å². The molecule has 24 heavy (non-hydrogen) atoms. The summed E-state index contributed by atoms with van der Waals surface area (Å²) in [7, 11) is -4.12. The van der Waals surface area contributed by atoms with Crippen LogP contribution in [0.4, 0.5) is 0 Å². The smallest absolute Gasteiger partial charge is 0.399 e. The molecule has 134 valence electrons.